The van der Waals surface area contributed by atoms with Gasteiger partial charge in [-0.25, -0.2) is 20.6 Å². The van der Waals surface area contributed by atoms with Gasteiger partial charge < -0.3 is 0 Å². The molecule has 0 amide bonds. The summed E-state index contributed by atoms with van der Waals surface area (Å²) in [7, 11) is 0. The minimum atomic E-state index is 0.635. The number of para-hydroxylation sites is 1. The summed E-state index contributed by atoms with van der Waals surface area (Å²) >= 11 is 0. The number of quaternary nitrogens is 1. The Hall–Kier alpha value is -2.21. The minimum absolute atomic E-state index is 0.635. The highest BCUT2D eigenvalue weighted by Gasteiger charge is 2.20. The highest BCUT2D eigenvalue weighted by Crippen LogP contribution is 2.19. The zero-order valence-electron chi connectivity index (χ0n) is 14.2. The maximum absolute atomic E-state index is 4.67. The van der Waals surface area contributed by atoms with E-state index in [4.69, 9.17) is 0 Å². The second-order valence-electron chi connectivity index (χ2n) is 6.16. The quantitative estimate of drug-likeness (QED) is 0.602. The number of fused-ring (bicyclic) bond motifs is 1. The Labute approximate surface area is 137 Å². The maximum Gasteiger partial charge on any atom is 0.359 e. The van der Waals surface area contributed by atoms with Crippen molar-refractivity contribution in [3.8, 4) is 0 Å². The average Bonchev–Trinajstić information content (AvgIpc) is 2.55. The van der Waals surface area contributed by atoms with E-state index in [1.54, 1.807) is 0 Å². The molecule has 6 nitrogen and oxygen atoms in total. The van der Waals surface area contributed by atoms with Crippen molar-refractivity contribution in [1.29, 1.82) is 0 Å². The van der Waals surface area contributed by atoms with Crippen LogP contribution in [0.5, 0.6) is 0 Å². The van der Waals surface area contributed by atoms with Gasteiger partial charge in [0.25, 0.3) is 5.95 Å². The summed E-state index contributed by atoms with van der Waals surface area (Å²) in [6, 6.07) is 6.20. The number of aryl methyl sites for hydroxylation is 2. The van der Waals surface area contributed by atoms with Crippen molar-refractivity contribution < 1.29 is 9.89 Å². The molecule has 0 bridgehead atoms. The summed E-state index contributed by atoms with van der Waals surface area (Å²) in [5.74, 6) is 1.52. The van der Waals surface area contributed by atoms with Crippen molar-refractivity contribution in [3.05, 3.63) is 29.5 Å². The molecule has 3 rings (SSSR count). The Morgan fingerprint density at radius 1 is 1.30 bits per heavy atom. The number of hydrogen-bond donors (Lipinski definition) is 4. The van der Waals surface area contributed by atoms with Gasteiger partial charge in [0.1, 0.15) is 0 Å². The van der Waals surface area contributed by atoms with Crippen molar-refractivity contribution in [3.63, 3.8) is 0 Å². The topological polar surface area (TPSA) is 68.2 Å². The Morgan fingerprint density at radius 3 is 2.91 bits per heavy atom. The maximum atomic E-state index is 4.67. The van der Waals surface area contributed by atoms with Gasteiger partial charge in [-0.05, 0) is 25.8 Å². The number of benzene rings is 1. The molecule has 0 spiro atoms. The van der Waals surface area contributed by atoms with Crippen LogP contribution in [-0.2, 0) is 0 Å². The first kappa shape index (κ1) is 15.7. The van der Waals surface area contributed by atoms with Crippen LogP contribution in [0.25, 0.3) is 10.9 Å². The van der Waals surface area contributed by atoms with Crippen LogP contribution in [0.4, 0.5) is 5.95 Å². The van der Waals surface area contributed by atoms with Gasteiger partial charge in [0.05, 0.1) is 17.8 Å². The van der Waals surface area contributed by atoms with E-state index in [1.165, 1.54) is 29.8 Å². The lowest BCUT2D eigenvalue weighted by molar-refractivity contribution is -0.980. The van der Waals surface area contributed by atoms with Crippen LogP contribution >= 0.6 is 0 Å². The first-order valence-corrected chi connectivity index (χ1v) is 8.36. The van der Waals surface area contributed by atoms with Crippen molar-refractivity contribution in [2.45, 2.75) is 33.6 Å². The zero-order chi connectivity index (χ0) is 16.2. The second-order valence-corrected chi connectivity index (χ2v) is 6.16. The summed E-state index contributed by atoms with van der Waals surface area (Å²) in [5.41, 5.74) is 3.17. The molecular formula is C17H26N6+2. The molecule has 1 aliphatic heterocycles. The largest absolute Gasteiger partial charge is 0.359 e. The summed E-state index contributed by atoms with van der Waals surface area (Å²) in [6.45, 7) is 9.36. The third kappa shape index (κ3) is 3.59. The Bertz CT molecular complexity index is 724. The number of nitrogens with one attached hydrogen (secondary N) is 4. The lowest BCUT2D eigenvalue weighted by Crippen LogP contribution is -3.24. The summed E-state index contributed by atoms with van der Waals surface area (Å²) < 4.78 is 0. The smallest absolute Gasteiger partial charge is 0.277 e. The van der Waals surface area contributed by atoms with Crippen LogP contribution in [-0.4, -0.2) is 35.8 Å². The molecule has 0 radical (unpaired) electrons. The number of unbranched alkanes of at least 4 members (excludes halogenated alkanes) is 1. The molecule has 0 saturated heterocycles. The van der Waals surface area contributed by atoms with E-state index in [0.29, 0.717) is 5.95 Å². The van der Waals surface area contributed by atoms with Gasteiger partial charge in [0, 0.05) is 5.39 Å². The molecule has 0 saturated carbocycles. The molecule has 4 N–H and O–H groups in total. The van der Waals surface area contributed by atoms with Crippen molar-refractivity contribution in [2.75, 3.05) is 25.2 Å². The number of hydrogen-bond acceptors (Lipinski definition) is 4. The van der Waals surface area contributed by atoms with E-state index in [9.17, 15) is 0 Å². The second kappa shape index (κ2) is 6.91. The molecule has 23 heavy (non-hydrogen) atoms. The third-order valence-electron chi connectivity index (χ3n) is 4.27. The molecule has 1 unspecified atom stereocenters. The van der Waals surface area contributed by atoms with Crippen LogP contribution in [0.1, 0.15) is 31.0 Å². The van der Waals surface area contributed by atoms with Crippen LogP contribution in [0, 0.1) is 13.8 Å². The fraction of sp³-hybridized carbons (Fsp3) is 0.471. The first-order chi connectivity index (χ1) is 11.2. The Balaban J connectivity index is 1.75. The lowest BCUT2D eigenvalue weighted by Gasteiger charge is -2.20. The molecule has 1 aliphatic rings. The minimum Gasteiger partial charge on any atom is -0.277 e. The Kier molecular flexibility index (Phi) is 4.71. The average molecular weight is 314 g/mol. The molecular weight excluding hydrogens is 288 g/mol. The molecule has 1 aromatic heterocycles. The highest BCUT2D eigenvalue weighted by atomic mass is 15.4. The summed E-state index contributed by atoms with van der Waals surface area (Å²) in [6.07, 6.45) is 2.50. The summed E-state index contributed by atoms with van der Waals surface area (Å²) in [4.78, 5) is 14.1. The number of aromatic nitrogens is 2. The van der Waals surface area contributed by atoms with E-state index in [1.807, 2.05) is 13.0 Å². The fourth-order valence-corrected chi connectivity index (χ4v) is 2.86. The molecule has 1 aromatic carbocycles. The predicted molar refractivity (Wildman–Crippen MR) is 92.2 cm³/mol. The zero-order valence-corrected chi connectivity index (χ0v) is 14.2. The number of rotatable bonds is 4. The molecule has 0 aliphatic carbocycles. The Morgan fingerprint density at radius 2 is 2.17 bits per heavy atom. The van der Waals surface area contributed by atoms with E-state index in [-0.39, 0.29) is 0 Å². The van der Waals surface area contributed by atoms with Crippen LogP contribution in [0.3, 0.4) is 0 Å². The van der Waals surface area contributed by atoms with Gasteiger partial charge in [0.15, 0.2) is 13.3 Å². The van der Waals surface area contributed by atoms with Crippen LogP contribution in [0.2, 0.25) is 0 Å². The normalized spacial score (nSPS) is 17.7. The van der Waals surface area contributed by atoms with Gasteiger partial charge >= 0.3 is 5.96 Å². The fourth-order valence-electron chi connectivity index (χ4n) is 2.86. The number of nitrogens with zero attached hydrogens (tertiary/aromatic N) is 2. The van der Waals surface area contributed by atoms with Gasteiger partial charge in [0.2, 0.25) is 0 Å². The van der Waals surface area contributed by atoms with E-state index >= 15 is 0 Å². The molecule has 0 fully saturated rings. The predicted octanol–water partition coefficient (Wildman–Crippen LogP) is -0.702. The molecule has 2 aromatic rings. The van der Waals surface area contributed by atoms with Crippen molar-refractivity contribution in [2.24, 2.45) is 0 Å². The lowest BCUT2D eigenvalue weighted by atomic mass is 10.1. The first-order valence-electron chi connectivity index (χ1n) is 8.36. The van der Waals surface area contributed by atoms with Gasteiger partial charge in [-0.1, -0.05) is 31.5 Å². The number of guanidine groups is 1. The van der Waals surface area contributed by atoms with Gasteiger partial charge in [-0.3, -0.25) is 4.90 Å². The van der Waals surface area contributed by atoms with Crippen LogP contribution in [0.15, 0.2) is 18.2 Å². The number of anilines is 1. The monoisotopic (exact) mass is 314 g/mol. The summed E-state index contributed by atoms with van der Waals surface area (Å²) in [5, 5.41) is 7.77. The molecule has 122 valence electrons. The molecule has 1 atom stereocenters. The standard InChI is InChI=1S/C17H24N6/c1-4-5-9-23-10-18-16(19-11-23)22-17-20-13(3)14-8-6-7-12(2)15(14)21-17/h6-8H,4-5,9-11H2,1-3H3,(H2,18,19,20,21,22)/p+2. The van der Waals surface area contributed by atoms with Crippen molar-refractivity contribution in [1.82, 2.24) is 15.3 Å². The SMILES string of the molecule is CCCC[NH+]1CNC(Nc2nc(C)c3cccc(C)c3n2)=[NH+]C1. The van der Waals surface area contributed by atoms with Crippen molar-refractivity contribution >= 4 is 22.8 Å². The van der Waals surface area contributed by atoms with Gasteiger partial charge in [-0.15, -0.1) is 0 Å². The third-order valence-corrected chi connectivity index (χ3v) is 4.27. The molecule has 6 heteroatoms. The van der Waals surface area contributed by atoms with Gasteiger partial charge in [-0.2, -0.15) is 4.98 Å². The van der Waals surface area contributed by atoms with Crippen LogP contribution < -0.4 is 20.5 Å². The van der Waals surface area contributed by atoms with E-state index in [0.717, 1.165) is 35.9 Å². The van der Waals surface area contributed by atoms with E-state index < -0.39 is 0 Å². The van der Waals surface area contributed by atoms with E-state index in [2.05, 4.69) is 51.6 Å². The highest BCUT2D eigenvalue weighted by molar-refractivity contribution is 5.90. The molecule has 2 heterocycles.